The minimum atomic E-state index is -4.03. The maximum atomic E-state index is 13.5. The van der Waals surface area contributed by atoms with Crippen molar-refractivity contribution in [2.45, 2.75) is 4.90 Å². The van der Waals surface area contributed by atoms with E-state index in [1.807, 2.05) is 0 Å². The molecule has 2 aromatic rings. The van der Waals surface area contributed by atoms with E-state index in [1.54, 1.807) is 24.3 Å². The van der Waals surface area contributed by atoms with E-state index in [-0.39, 0.29) is 0 Å². The predicted molar refractivity (Wildman–Crippen MR) is 81.2 cm³/mol. The first-order valence-electron chi connectivity index (χ1n) is 5.92. The fraction of sp³-hybridized carbons (Fsp3) is 0.0714. The molecule has 0 aliphatic heterocycles. The van der Waals surface area contributed by atoms with E-state index >= 15 is 0 Å². The van der Waals surface area contributed by atoms with Gasteiger partial charge < -0.3 is 5.32 Å². The number of halogens is 2. The molecular weight excluding hydrogens is 361 g/mol. The molecule has 2 rings (SSSR count). The highest BCUT2D eigenvalue weighted by Crippen LogP contribution is 2.21. The number of amides is 1. The van der Waals surface area contributed by atoms with Crippen molar-refractivity contribution in [1.82, 2.24) is 0 Å². The fourth-order valence-corrected chi connectivity index (χ4v) is 3.30. The standard InChI is InChI=1S/C14H11BrFNO3S/c15-10-5-1-3-7-12(10)17-14(18)9-21(19,20)13-8-4-2-6-11(13)16/h1-8H,9H2,(H,17,18). The molecular formula is C14H11BrFNO3S. The summed E-state index contributed by atoms with van der Waals surface area (Å²) in [6.45, 7) is 0. The summed E-state index contributed by atoms with van der Waals surface area (Å²) in [7, 11) is -4.03. The Kier molecular flexibility index (Phi) is 4.74. The lowest BCUT2D eigenvalue weighted by atomic mass is 10.3. The van der Waals surface area contributed by atoms with E-state index in [1.165, 1.54) is 12.1 Å². The molecule has 0 saturated carbocycles. The lowest BCUT2D eigenvalue weighted by Crippen LogP contribution is -2.23. The van der Waals surface area contributed by atoms with Crippen molar-refractivity contribution in [2.75, 3.05) is 11.1 Å². The zero-order chi connectivity index (χ0) is 15.5. The largest absolute Gasteiger partial charge is 0.324 e. The van der Waals surface area contributed by atoms with Crippen LogP contribution in [0.5, 0.6) is 0 Å². The summed E-state index contributed by atoms with van der Waals surface area (Å²) in [5, 5.41) is 2.47. The lowest BCUT2D eigenvalue weighted by molar-refractivity contribution is -0.113. The Labute approximate surface area is 130 Å². The van der Waals surface area contributed by atoms with E-state index in [0.717, 1.165) is 12.1 Å². The Bertz CT molecular complexity index is 777. The second-order valence-corrected chi connectivity index (χ2v) is 7.03. The number of carbonyl (C=O) groups excluding carboxylic acids is 1. The van der Waals surface area contributed by atoms with Gasteiger partial charge in [-0.2, -0.15) is 0 Å². The third-order valence-corrected chi connectivity index (χ3v) is 4.98. The van der Waals surface area contributed by atoms with Gasteiger partial charge in [-0.15, -0.1) is 0 Å². The van der Waals surface area contributed by atoms with Gasteiger partial charge in [0, 0.05) is 4.47 Å². The number of nitrogens with one attached hydrogen (secondary N) is 1. The molecule has 0 aromatic heterocycles. The molecule has 0 radical (unpaired) electrons. The van der Waals surface area contributed by atoms with E-state index in [9.17, 15) is 17.6 Å². The molecule has 0 unspecified atom stereocenters. The molecule has 0 aliphatic rings. The summed E-state index contributed by atoms with van der Waals surface area (Å²) in [6.07, 6.45) is 0. The molecule has 0 bridgehead atoms. The summed E-state index contributed by atoms with van der Waals surface area (Å²) in [5.74, 6) is -2.42. The van der Waals surface area contributed by atoms with Crippen molar-refractivity contribution in [2.24, 2.45) is 0 Å². The summed E-state index contributed by atoms with van der Waals surface area (Å²) in [6, 6.07) is 11.8. The number of benzene rings is 2. The van der Waals surface area contributed by atoms with Crippen LogP contribution in [-0.4, -0.2) is 20.1 Å². The summed E-state index contributed by atoms with van der Waals surface area (Å²) < 4.78 is 38.2. The van der Waals surface area contributed by atoms with Crippen LogP contribution in [0.15, 0.2) is 57.9 Å². The molecule has 1 amide bonds. The van der Waals surface area contributed by atoms with Gasteiger partial charge in [-0.25, -0.2) is 12.8 Å². The summed E-state index contributed by atoms with van der Waals surface area (Å²) in [5.41, 5.74) is 0.450. The van der Waals surface area contributed by atoms with E-state index < -0.39 is 32.2 Å². The van der Waals surface area contributed by atoms with Crippen LogP contribution < -0.4 is 5.32 Å². The number of carbonyl (C=O) groups is 1. The van der Waals surface area contributed by atoms with Crippen LogP contribution in [0.2, 0.25) is 0 Å². The van der Waals surface area contributed by atoms with Gasteiger partial charge in [0.2, 0.25) is 5.91 Å². The van der Waals surface area contributed by atoms with Crippen molar-refractivity contribution < 1.29 is 17.6 Å². The lowest BCUT2D eigenvalue weighted by Gasteiger charge is -2.08. The monoisotopic (exact) mass is 371 g/mol. The van der Waals surface area contributed by atoms with Crippen LogP contribution in [-0.2, 0) is 14.6 Å². The minimum Gasteiger partial charge on any atom is -0.324 e. The van der Waals surface area contributed by atoms with Crippen LogP contribution >= 0.6 is 15.9 Å². The molecule has 0 fully saturated rings. The van der Waals surface area contributed by atoms with E-state index in [4.69, 9.17) is 0 Å². The zero-order valence-electron chi connectivity index (χ0n) is 10.7. The molecule has 0 atom stereocenters. The molecule has 7 heteroatoms. The van der Waals surface area contributed by atoms with Crippen LogP contribution in [0.4, 0.5) is 10.1 Å². The number of sulfone groups is 1. The van der Waals surface area contributed by atoms with Crippen LogP contribution in [0.25, 0.3) is 0 Å². The second kappa shape index (κ2) is 6.36. The number of hydrogen-bond donors (Lipinski definition) is 1. The van der Waals surface area contributed by atoms with Crippen molar-refractivity contribution in [3.63, 3.8) is 0 Å². The zero-order valence-corrected chi connectivity index (χ0v) is 13.1. The molecule has 2 aromatic carbocycles. The number of rotatable bonds is 4. The van der Waals surface area contributed by atoms with Gasteiger partial charge in [-0.05, 0) is 40.2 Å². The third kappa shape index (κ3) is 3.89. The Morgan fingerprint density at radius 1 is 1.10 bits per heavy atom. The average molecular weight is 372 g/mol. The van der Waals surface area contributed by atoms with Crippen LogP contribution in [0, 0.1) is 5.82 Å². The third-order valence-electron chi connectivity index (χ3n) is 2.64. The van der Waals surface area contributed by atoms with Crippen molar-refractivity contribution >= 4 is 37.4 Å². The van der Waals surface area contributed by atoms with E-state index in [2.05, 4.69) is 21.2 Å². The Morgan fingerprint density at radius 3 is 2.38 bits per heavy atom. The first-order valence-corrected chi connectivity index (χ1v) is 8.36. The highest BCUT2D eigenvalue weighted by molar-refractivity contribution is 9.10. The maximum Gasteiger partial charge on any atom is 0.239 e. The number of hydrogen-bond acceptors (Lipinski definition) is 3. The topological polar surface area (TPSA) is 63.2 Å². The molecule has 1 N–H and O–H groups in total. The molecule has 21 heavy (non-hydrogen) atoms. The van der Waals surface area contributed by atoms with Crippen molar-refractivity contribution in [3.05, 3.63) is 58.8 Å². The van der Waals surface area contributed by atoms with Gasteiger partial charge >= 0.3 is 0 Å². The normalized spacial score (nSPS) is 11.1. The Hall–Kier alpha value is -1.73. The molecule has 0 spiro atoms. The quantitative estimate of drug-likeness (QED) is 0.898. The number of para-hydroxylation sites is 1. The van der Waals surface area contributed by atoms with Crippen LogP contribution in [0.1, 0.15) is 0 Å². The van der Waals surface area contributed by atoms with Crippen molar-refractivity contribution in [1.29, 1.82) is 0 Å². The maximum absolute atomic E-state index is 13.5. The SMILES string of the molecule is O=C(CS(=O)(=O)c1ccccc1F)Nc1ccccc1Br. The molecule has 0 saturated heterocycles. The number of anilines is 1. The van der Waals surface area contributed by atoms with Gasteiger partial charge in [-0.1, -0.05) is 24.3 Å². The van der Waals surface area contributed by atoms with Gasteiger partial charge in [0.1, 0.15) is 16.5 Å². The summed E-state index contributed by atoms with van der Waals surface area (Å²) in [4.78, 5) is 11.4. The molecule has 0 aliphatic carbocycles. The summed E-state index contributed by atoms with van der Waals surface area (Å²) >= 11 is 3.24. The van der Waals surface area contributed by atoms with Gasteiger partial charge in [0.25, 0.3) is 0 Å². The molecule has 0 heterocycles. The fourth-order valence-electron chi connectivity index (χ4n) is 1.70. The highest BCUT2D eigenvalue weighted by atomic mass is 79.9. The minimum absolute atomic E-state index is 0.450. The first kappa shape index (κ1) is 15.7. The first-order chi connectivity index (χ1) is 9.90. The van der Waals surface area contributed by atoms with Gasteiger partial charge in [0.05, 0.1) is 5.69 Å². The van der Waals surface area contributed by atoms with Gasteiger partial charge in [-0.3, -0.25) is 4.79 Å². The molecule has 4 nitrogen and oxygen atoms in total. The van der Waals surface area contributed by atoms with Crippen LogP contribution in [0.3, 0.4) is 0 Å². The van der Waals surface area contributed by atoms with Gasteiger partial charge in [0.15, 0.2) is 9.84 Å². The average Bonchev–Trinajstić information content (AvgIpc) is 2.41. The second-order valence-electron chi connectivity index (χ2n) is 4.22. The highest BCUT2D eigenvalue weighted by Gasteiger charge is 2.22. The Morgan fingerprint density at radius 2 is 1.71 bits per heavy atom. The van der Waals surface area contributed by atoms with Crippen molar-refractivity contribution in [3.8, 4) is 0 Å². The predicted octanol–water partition coefficient (Wildman–Crippen LogP) is 3.00. The smallest absolute Gasteiger partial charge is 0.239 e. The van der Waals surface area contributed by atoms with E-state index in [0.29, 0.717) is 10.2 Å². The molecule has 110 valence electrons. The Balaban J connectivity index is 2.16.